The lowest BCUT2D eigenvalue weighted by Gasteiger charge is -2.33. The van der Waals surface area contributed by atoms with Crippen LogP contribution < -0.4 is 0 Å². The topological polar surface area (TPSA) is 38.1 Å². The van der Waals surface area contributed by atoms with Crippen LogP contribution in [0.15, 0.2) is 23.0 Å². The van der Waals surface area contributed by atoms with Gasteiger partial charge in [-0.1, -0.05) is 34.6 Å². The van der Waals surface area contributed by atoms with Crippen LogP contribution in [0.25, 0.3) is 5.57 Å². The first kappa shape index (κ1) is 15.0. The van der Waals surface area contributed by atoms with Crippen molar-refractivity contribution in [1.29, 1.82) is 0 Å². The standard InChI is InChI=1S/C20H27N3/c1-12(2)8-13-9-22-18(23-10-13)14-11-21-17-16(14)15-6-7-20(17,5)19(15,3)4/h9-10,12,15H,6-8,11H2,1-5H3. The summed E-state index contributed by atoms with van der Waals surface area (Å²) in [6.45, 7) is 12.5. The van der Waals surface area contributed by atoms with Crippen LogP contribution in [0.2, 0.25) is 0 Å². The minimum absolute atomic E-state index is 0.242. The van der Waals surface area contributed by atoms with Crippen molar-refractivity contribution in [1.82, 2.24) is 9.97 Å². The lowest BCUT2D eigenvalue weighted by Crippen LogP contribution is -2.32. The summed E-state index contributed by atoms with van der Waals surface area (Å²) >= 11 is 0. The molecular formula is C20H27N3. The average molecular weight is 309 g/mol. The Kier molecular flexibility index (Phi) is 3.11. The fourth-order valence-electron chi connectivity index (χ4n) is 5.03. The van der Waals surface area contributed by atoms with Gasteiger partial charge in [0.15, 0.2) is 5.82 Å². The lowest BCUT2D eigenvalue weighted by atomic mass is 9.70. The first-order valence-electron chi connectivity index (χ1n) is 8.94. The molecule has 2 atom stereocenters. The second-order valence-corrected chi connectivity index (χ2v) is 8.72. The van der Waals surface area contributed by atoms with E-state index in [9.17, 15) is 0 Å². The Morgan fingerprint density at radius 2 is 1.87 bits per heavy atom. The third-order valence-corrected chi connectivity index (χ3v) is 6.69. The third kappa shape index (κ3) is 1.91. The fraction of sp³-hybridized carbons (Fsp3) is 0.650. The van der Waals surface area contributed by atoms with E-state index in [2.05, 4.69) is 44.6 Å². The molecule has 0 saturated heterocycles. The van der Waals surface area contributed by atoms with Gasteiger partial charge in [0, 0.05) is 29.1 Å². The van der Waals surface area contributed by atoms with Crippen molar-refractivity contribution in [2.75, 3.05) is 6.54 Å². The first-order chi connectivity index (χ1) is 10.8. The zero-order valence-electron chi connectivity index (χ0n) is 15.0. The van der Waals surface area contributed by atoms with E-state index in [1.807, 2.05) is 12.4 Å². The molecule has 0 amide bonds. The maximum atomic E-state index is 4.94. The van der Waals surface area contributed by atoms with E-state index < -0.39 is 0 Å². The van der Waals surface area contributed by atoms with Crippen LogP contribution in [0, 0.1) is 22.7 Å². The zero-order valence-corrected chi connectivity index (χ0v) is 15.0. The molecule has 0 aromatic carbocycles. The van der Waals surface area contributed by atoms with E-state index >= 15 is 0 Å². The lowest BCUT2D eigenvalue weighted by molar-refractivity contribution is 0.202. The molecule has 1 aromatic rings. The number of hydrogen-bond acceptors (Lipinski definition) is 3. The molecule has 2 fully saturated rings. The van der Waals surface area contributed by atoms with Gasteiger partial charge in [-0.2, -0.15) is 0 Å². The maximum Gasteiger partial charge on any atom is 0.157 e. The SMILES string of the molecule is CC(C)Cc1cnc(C2=C3C(=NC2)C2(C)CCC3C2(C)C)nc1. The van der Waals surface area contributed by atoms with Crippen molar-refractivity contribution in [2.45, 2.75) is 53.9 Å². The predicted molar refractivity (Wildman–Crippen MR) is 94.4 cm³/mol. The molecule has 0 spiro atoms. The molecule has 122 valence electrons. The first-order valence-corrected chi connectivity index (χ1v) is 8.94. The summed E-state index contributed by atoms with van der Waals surface area (Å²) in [5, 5.41) is 0. The molecule has 4 rings (SSSR count). The van der Waals surface area contributed by atoms with E-state index in [1.165, 1.54) is 35.3 Å². The Morgan fingerprint density at radius 1 is 1.17 bits per heavy atom. The zero-order chi connectivity index (χ0) is 16.4. The van der Waals surface area contributed by atoms with Gasteiger partial charge in [-0.25, -0.2) is 9.97 Å². The van der Waals surface area contributed by atoms with Crippen molar-refractivity contribution >= 4 is 11.3 Å². The van der Waals surface area contributed by atoms with Crippen LogP contribution in [0.3, 0.4) is 0 Å². The Labute approximate surface area is 139 Å². The molecular weight excluding hydrogens is 282 g/mol. The Hall–Kier alpha value is -1.51. The van der Waals surface area contributed by atoms with Crippen molar-refractivity contribution < 1.29 is 0 Å². The molecule has 3 aliphatic rings. The van der Waals surface area contributed by atoms with Crippen LogP contribution in [0.4, 0.5) is 0 Å². The average Bonchev–Trinajstić information content (AvgIpc) is 3.06. The van der Waals surface area contributed by atoms with Gasteiger partial charge >= 0.3 is 0 Å². The van der Waals surface area contributed by atoms with Gasteiger partial charge in [0.1, 0.15) is 0 Å². The Balaban J connectivity index is 1.72. The minimum Gasteiger partial charge on any atom is -0.284 e. The molecule has 0 N–H and O–H groups in total. The number of aliphatic imine (C=N–C) groups is 1. The smallest absolute Gasteiger partial charge is 0.157 e. The quantitative estimate of drug-likeness (QED) is 0.833. The molecule has 2 aliphatic carbocycles. The van der Waals surface area contributed by atoms with E-state index in [4.69, 9.17) is 4.99 Å². The number of aromatic nitrogens is 2. The predicted octanol–water partition coefficient (Wildman–Crippen LogP) is 4.34. The van der Waals surface area contributed by atoms with Gasteiger partial charge < -0.3 is 0 Å². The van der Waals surface area contributed by atoms with Crippen LogP contribution >= 0.6 is 0 Å². The van der Waals surface area contributed by atoms with Crippen molar-refractivity contribution in [3.8, 4) is 0 Å². The van der Waals surface area contributed by atoms with Gasteiger partial charge in [0.2, 0.25) is 0 Å². The van der Waals surface area contributed by atoms with E-state index in [1.54, 1.807) is 0 Å². The molecule has 2 heterocycles. The third-order valence-electron chi connectivity index (χ3n) is 6.69. The van der Waals surface area contributed by atoms with Crippen molar-refractivity contribution in [3.63, 3.8) is 0 Å². The van der Waals surface area contributed by atoms with E-state index in [0.29, 0.717) is 17.3 Å². The number of rotatable bonds is 3. The molecule has 3 heteroatoms. The normalized spacial score (nSPS) is 31.0. The monoisotopic (exact) mass is 309 g/mol. The summed E-state index contributed by atoms with van der Waals surface area (Å²) < 4.78 is 0. The van der Waals surface area contributed by atoms with Crippen molar-refractivity contribution in [3.05, 3.63) is 29.4 Å². The molecule has 2 bridgehead atoms. The highest BCUT2D eigenvalue weighted by atomic mass is 14.9. The number of nitrogens with zero attached hydrogens (tertiary/aromatic N) is 3. The Bertz CT molecular complexity index is 709. The summed E-state index contributed by atoms with van der Waals surface area (Å²) in [6.07, 6.45) is 7.62. The highest BCUT2D eigenvalue weighted by Gasteiger charge is 2.64. The highest BCUT2D eigenvalue weighted by Crippen LogP contribution is 2.67. The van der Waals surface area contributed by atoms with E-state index in [0.717, 1.165) is 18.8 Å². The molecule has 23 heavy (non-hydrogen) atoms. The molecule has 1 aromatic heterocycles. The Morgan fingerprint density at radius 3 is 2.52 bits per heavy atom. The molecule has 2 saturated carbocycles. The largest absolute Gasteiger partial charge is 0.284 e. The van der Waals surface area contributed by atoms with Gasteiger partial charge in [-0.05, 0) is 47.6 Å². The van der Waals surface area contributed by atoms with Gasteiger partial charge in [0.25, 0.3) is 0 Å². The molecule has 2 unspecified atom stereocenters. The second-order valence-electron chi connectivity index (χ2n) is 8.72. The molecule has 3 nitrogen and oxygen atoms in total. The van der Waals surface area contributed by atoms with Crippen molar-refractivity contribution in [2.24, 2.45) is 27.7 Å². The van der Waals surface area contributed by atoms with Gasteiger partial charge in [-0.15, -0.1) is 0 Å². The summed E-state index contributed by atoms with van der Waals surface area (Å²) in [4.78, 5) is 14.3. The van der Waals surface area contributed by atoms with Crippen LogP contribution in [0.5, 0.6) is 0 Å². The summed E-state index contributed by atoms with van der Waals surface area (Å²) in [5.41, 5.74) is 5.92. The summed E-state index contributed by atoms with van der Waals surface area (Å²) in [5.74, 6) is 2.17. The fourth-order valence-corrected chi connectivity index (χ4v) is 5.03. The molecule has 1 aliphatic heterocycles. The minimum atomic E-state index is 0.242. The second kappa shape index (κ2) is 4.75. The number of fused-ring (bicyclic) bond motifs is 5. The van der Waals surface area contributed by atoms with Gasteiger partial charge in [0.05, 0.1) is 6.54 Å². The van der Waals surface area contributed by atoms with Crippen LogP contribution in [-0.2, 0) is 6.42 Å². The van der Waals surface area contributed by atoms with E-state index in [-0.39, 0.29) is 5.41 Å². The van der Waals surface area contributed by atoms with Gasteiger partial charge in [-0.3, -0.25) is 4.99 Å². The number of allylic oxidation sites excluding steroid dienone is 1. The summed E-state index contributed by atoms with van der Waals surface area (Å²) in [7, 11) is 0. The molecule has 0 radical (unpaired) electrons. The van der Waals surface area contributed by atoms with Crippen LogP contribution in [0.1, 0.15) is 58.8 Å². The maximum absolute atomic E-state index is 4.94. The number of hydrogen-bond donors (Lipinski definition) is 0. The highest BCUT2D eigenvalue weighted by molar-refractivity contribution is 6.16. The van der Waals surface area contributed by atoms with Crippen LogP contribution in [-0.4, -0.2) is 22.2 Å². The summed E-state index contributed by atoms with van der Waals surface area (Å²) in [6, 6.07) is 0.